The minimum Gasteiger partial charge on any atom is -0.332 e. The summed E-state index contributed by atoms with van der Waals surface area (Å²) in [6.07, 6.45) is 2.08. The van der Waals surface area contributed by atoms with Gasteiger partial charge in [-0.3, -0.25) is 0 Å². The summed E-state index contributed by atoms with van der Waals surface area (Å²) >= 11 is 0. The van der Waals surface area contributed by atoms with Gasteiger partial charge in [-0.15, -0.1) is 0 Å². The molecule has 98 valence electrons. The molecule has 0 aromatic carbocycles. The molecule has 1 aromatic rings. The summed E-state index contributed by atoms with van der Waals surface area (Å²) in [6.45, 7) is 7.03. The predicted molar refractivity (Wildman–Crippen MR) is 66.3 cm³/mol. The van der Waals surface area contributed by atoms with E-state index in [-0.39, 0.29) is 5.03 Å². The number of hydrogen-bond acceptors (Lipinski definition) is 4. The van der Waals surface area contributed by atoms with Crippen LogP contribution in [0.2, 0.25) is 0 Å². The molecule has 0 aliphatic rings. The molecular formula is C10H20N4O2S. The summed E-state index contributed by atoms with van der Waals surface area (Å²) in [6, 6.07) is 0.418. The van der Waals surface area contributed by atoms with Crippen molar-refractivity contribution in [3.8, 4) is 0 Å². The largest absolute Gasteiger partial charge is 0.332 e. The summed E-state index contributed by atoms with van der Waals surface area (Å²) in [5.41, 5.74) is 0. The lowest BCUT2D eigenvalue weighted by Gasteiger charge is -2.08. The summed E-state index contributed by atoms with van der Waals surface area (Å²) in [5, 5.41) is 3.34. The molecule has 3 N–H and O–H groups in total. The van der Waals surface area contributed by atoms with Crippen LogP contribution in [0.25, 0.3) is 0 Å². The minimum atomic E-state index is -3.44. The van der Waals surface area contributed by atoms with Gasteiger partial charge in [0.25, 0.3) is 10.0 Å². The topological polar surface area (TPSA) is 86.9 Å². The number of H-pyrrole nitrogens is 1. The Balaban J connectivity index is 2.36. The molecular weight excluding hydrogens is 240 g/mol. The Hall–Kier alpha value is -0.920. The van der Waals surface area contributed by atoms with E-state index >= 15 is 0 Å². The molecule has 0 saturated carbocycles. The van der Waals surface area contributed by atoms with Crippen LogP contribution in [0, 0.1) is 6.92 Å². The Kier molecular flexibility index (Phi) is 5.10. The number of imidazole rings is 1. The molecule has 0 aliphatic heterocycles. The van der Waals surface area contributed by atoms with Crippen LogP contribution in [0.4, 0.5) is 0 Å². The smallest absolute Gasteiger partial charge is 0.257 e. The van der Waals surface area contributed by atoms with E-state index in [4.69, 9.17) is 0 Å². The van der Waals surface area contributed by atoms with Gasteiger partial charge in [0.05, 0.1) is 6.20 Å². The first-order chi connectivity index (χ1) is 7.92. The molecule has 6 nitrogen and oxygen atoms in total. The van der Waals surface area contributed by atoms with Crippen molar-refractivity contribution in [3.63, 3.8) is 0 Å². The Morgan fingerprint density at radius 2 is 2.12 bits per heavy atom. The van der Waals surface area contributed by atoms with Crippen molar-refractivity contribution in [1.29, 1.82) is 0 Å². The highest BCUT2D eigenvalue weighted by molar-refractivity contribution is 7.89. The molecule has 1 rings (SSSR count). The molecule has 0 amide bonds. The zero-order valence-corrected chi connectivity index (χ0v) is 11.3. The first kappa shape index (κ1) is 14.1. The van der Waals surface area contributed by atoms with Crippen molar-refractivity contribution in [2.75, 3.05) is 13.1 Å². The van der Waals surface area contributed by atoms with Crippen molar-refractivity contribution in [2.24, 2.45) is 0 Å². The van der Waals surface area contributed by atoms with Crippen molar-refractivity contribution >= 4 is 10.0 Å². The van der Waals surface area contributed by atoms with E-state index in [9.17, 15) is 8.42 Å². The van der Waals surface area contributed by atoms with Crippen molar-refractivity contribution in [2.45, 2.75) is 38.3 Å². The van der Waals surface area contributed by atoms with Gasteiger partial charge >= 0.3 is 0 Å². The van der Waals surface area contributed by atoms with Gasteiger partial charge in [0.1, 0.15) is 5.82 Å². The number of rotatable bonds is 7. The first-order valence-corrected chi connectivity index (χ1v) is 7.15. The molecule has 1 aromatic heterocycles. The molecule has 0 radical (unpaired) electrons. The zero-order valence-electron chi connectivity index (χ0n) is 10.4. The number of aromatic amines is 1. The number of sulfonamides is 1. The van der Waals surface area contributed by atoms with E-state index in [1.807, 2.05) is 0 Å². The minimum absolute atomic E-state index is 0.117. The van der Waals surface area contributed by atoms with Gasteiger partial charge in [-0.2, -0.15) is 0 Å². The second kappa shape index (κ2) is 6.13. The van der Waals surface area contributed by atoms with E-state index < -0.39 is 10.0 Å². The van der Waals surface area contributed by atoms with Crippen LogP contribution in [-0.4, -0.2) is 37.5 Å². The SMILES string of the molecule is Cc1ncc(S(=O)(=O)NCCCNC(C)C)[nH]1. The predicted octanol–water partition coefficient (Wildman–Crippen LogP) is 0.385. The fraction of sp³-hybridized carbons (Fsp3) is 0.700. The van der Waals surface area contributed by atoms with E-state index in [0.717, 1.165) is 13.0 Å². The molecule has 0 saturated heterocycles. The summed E-state index contributed by atoms with van der Waals surface area (Å²) in [4.78, 5) is 6.56. The molecule has 0 fully saturated rings. The summed E-state index contributed by atoms with van der Waals surface area (Å²) in [7, 11) is -3.44. The van der Waals surface area contributed by atoms with E-state index in [1.165, 1.54) is 6.20 Å². The Labute approximate surface area is 102 Å². The maximum atomic E-state index is 11.7. The second-order valence-corrected chi connectivity index (χ2v) is 5.93. The Bertz CT molecular complexity index is 439. The maximum Gasteiger partial charge on any atom is 0.257 e. The quantitative estimate of drug-likeness (QED) is 0.619. The van der Waals surface area contributed by atoms with Gasteiger partial charge in [-0.05, 0) is 19.9 Å². The van der Waals surface area contributed by atoms with Gasteiger partial charge in [-0.25, -0.2) is 18.1 Å². The molecule has 0 bridgehead atoms. The standard InChI is InChI=1S/C10H20N4O2S/c1-8(2)11-5-4-6-13-17(15,16)10-7-12-9(3)14-10/h7-8,11,13H,4-6H2,1-3H3,(H,12,14). The fourth-order valence-corrected chi connectivity index (χ4v) is 2.34. The van der Waals surface area contributed by atoms with Crippen LogP contribution < -0.4 is 10.0 Å². The summed E-state index contributed by atoms with van der Waals surface area (Å²) in [5.74, 6) is 0.590. The van der Waals surface area contributed by atoms with Gasteiger partial charge < -0.3 is 10.3 Å². The Morgan fingerprint density at radius 1 is 1.41 bits per heavy atom. The highest BCUT2D eigenvalue weighted by Crippen LogP contribution is 2.04. The lowest BCUT2D eigenvalue weighted by atomic mass is 10.3. The molecule has 0 aliphatic carbocycles. The molecule has 17 heavy (non-hydrogen) atoms. The maximum absolute atomic E-state index is 11.7. The number of aromatic nitrogens is 2. The molecule has 0 spiro atoms. The fourth-order valence-electron chi connectivity index (χ4n) is 1.30. The van der Waals surface area contributed by atoms with Crippen molar-refractivity contribution in [3.05, 3.63) is 12.0 Å². The average Bonchev–Trinajstić information content (AvgIpc) is 2.64. The molecule has 0 unspecified atom stereocenters. The number of nitrogens with zero attached hydrogens (tertiary/aromatic N) is 1. The van der Waals surface area contributed by atoms with E-state index in [1.54, 1.807) is 6.92 Å². The van der Waals surface area contributed by atoms with Crippen molar-refractivity contribution < 1.29 is 8.42 Å². The van der Waals surface area contributed by atoms with Crippen LogP contribution in [0.15, 0.2) is 11.2 Å². The number of nitrogens with one attached hydrogen (secondary N) is 3. The van der Waals surface area contributed by atoms with Gasteiger partial charge in [0.2, 0.25) is 0 Å². The normalized spacial score (nSPS) is 12.2. The third-order valence-electron chi connectivity index (χ3n) is 2.17. The van der Waals surface area contributed by atoms with Crippen LogP contribution in [0.1, 0.15) is 26.1 Å². The molecule has 1 heterocycles. The van der Waals surface area contributed by atoms with Gasteiger partial charge in [0, 0.05) is 12.6 Å². The average molecular weight is 260 g/mol. The Morgan fingerprint density at radius 3 is 2.65 bits per heavy atom. The number of aryl methyl sites for hydroxylation is 1. The van der Waals surface area contributed by atoms with Crippen LogP contribution in [0.5, 0.6) is 0 Å². The third-order valence-corrected chi connectivity index (χ3v) is 3.54. The van der Waals surface area contributed by atoms with Crippen molar-refractivity contribution in [1.82, 2.24) is 20.0 Å². The van der Waals surface area contributed by atoms with E-state index in [0.29, 0.717) is 18.4 Å². The van der Waals surface area contributed by atoms with Gasteiger partial charge in [-0.1, -0.05) is 13.8 Å². The lowest BCUT2D eigenvalue weighted by molar-refractivity contribution is 0.553. The van der Waals surface area contributed by atoms with Crippen LogP contribution >= 0.6 is 0 Å². The molecule has 7 heteroatoms. The lowest BCUT2D eigenvalue weighted by Crippen LogP contribution is -2.29. The highest BCUT2D eigenvalue weighted by Gasteiger charge is 2.15. The van der Waals surface area contributed by atoms with E-state index in [2.05, 4.69) is 33.9 Å². The summed E-state index contributed by atoms with van der Waals surface area (Å²) < 4.78 is 26.0. The number of hydrogen-bond donors (Lipinski definition) is 3. The monoisotopic (exact) mass is 260 g/mol. The molecule has 0 atom stereocenters. The zero-order chi connectivity index (χ0) is 12.9. The third kappa shape index (κ3) is 4.84. The highest BCUT2D eigenvalue weighted by atomic mass is 32.2. The van der Waals surface area contributed by atoms with Gasteiger partial charge in [0.15, 0.2) is 5.03 Å². The second-order valence-electron chi connectivity index (χ2n) is 4.19. The van der Waals surface area contributed by atoms with Crippen LogP contribution in [0.3, 0.4) is 0 Å². The van der Waals surface area contributed by atoms with Crippen LogP contribution in [-0.2, 0) is 10.0 Å². The first-order valence-electron chi connectivity index (χ1n) is 5.66.